The summed E-state index contributed by atoms with van der Waals surface area (Å²) in [7, 11) is 0. The maximum absolute atomic E-state index is 4.57. The normalized spacial score (nSPS) is 12.4. The minimum Gasteiger partial charge on any atom is -0.359 e. The fourth-order valence-electron chi connectivity index (χ4n) is 2.64. The molecule has 0 aliphatic carbocycles. The van der Waals surface area contributed by atoms with E-state index in [-0.39, 0.29) is 6.04 Å². The summed E-state index contributed by atoms with van der Waals surface area (Å²) < 4.78 is 1.91. The summed E-state index contributed by atoms with van der Waals surface area (Å²) in [5.74, 6) is 0.755. The van der Waals surface area contributed by atoms with Gasteiger partial charge in [-0.1, -0.05) is 41.7 Å². The van der Waals surface area contributed by atoms with E-state index < -0.39 is 0 Å². The molecular weight excluding hydrogens is 320 g/mol. The average molecular weight is 336 g/mol. The van der Waals surface area contributed by atoms with Crippen molar-refractivity contribution >= 4 is 27.5 Å². The molecule has 0 fully saturated rings. The van der Waals surface area contributed by atoms with Crippen molar-refractivity contribution in [1.29, 1.82) is 0 Å². The second-order valence-corrected chi connectivity index (χ2v) is 6.63. The third-order valence-corrected chi connectivity index (χ3v) is 4.62. The first-order chi connectivity index (χ1) is 11.8. The Balaban J connectivity index is 1.70. The summed E-state index contributed by atoms with van der Waals surface area (Å²) in [4.78, 5) is 14.2. The van der Waals surface area contributed by atoms with Crippen molar-refractivity contribution in [1.82, 2.24) is 24.7 Å². The van der Waals surface area contributed by atoms with E-state index in [0.717, 1.165) is 21.2 Å². The van der Waals surface area contributed by atoms with E-state index in [4.69, 9.17) is 0 Å². The second-order valence-electron chi connectivity index (χ2n) is 5.44. The van der Waals surface area contributed by atoms with Crippen LogP contribution in [-0.2, 0) is 6.54 Å². The third-order valence-electron chi connectivity index (χ3n) is 3.74. The van der Waals surface area contributed by atoms with E-state index in [9.17, 15) is 0 Å². The van der Waals surface area contributed by atoms with E-state index in [0.29, 0.717) is 6.54 Å². The van der Waals surface area contributed by atoms with Gasteiger partial charge in [0.1, 0.15) is 16.7 Å². The SMILES string of the molecule is Cc1nc2c(NC(Cn3cccn3)c3ccccc3)ncnc2s1. The van der Waals surface area contributed by atoms with Crippen LogP contribution in [0.5, 0.6) is 0 Å². The van der Waals surface area contributed by atoms with Crippen molar-refractivity contribution in [2.24, 2.45) is 0 Å². The lowest BCUT2D eigenvalue weighted by Crippen LogP contribution is -2.18. The van der Waals surface area contributed by atoms with Gasteiger partial charge in [-0.3, -0.25) is 4.68 Å². The van der Waals surface area contributed by atoms with Gasteiger partial charge in [-0.25, -0.2) is 15.0 Å². The van der Waals surface area contributed by atoms with Crippen LogP contribution in [0, 0.1) is 6.92 Å². The van der Waals surface area contributed by atoms with E-state index in [1.54, 1.807) is 23.9 Å². The first-order valence-corrected chi connectivity index (χ1v) is 8.48. The summed E-state index contributed by atoms with van der Waals surface area (Å²) in [5.41, 5.74) is 1.99. The smallest absolute Gasteiger partial charge is 0.157 e. The number of anilines is 1. The number of hydrogen-bond donors (Lipinski definition) is 1. The van der Waals surface area contributed by atoms with Crippen LogP contribution in [0.4, 0.5) is 5.82 Å². The average Bonchev–Trinajstić information content (AvgIpc) is 3.24. The lowest BCUT2D eigenvalue weighted by molar-refractivity contribution is 0.550. The molecule has 4 aromatic rings. The van der Waals surface area contributed by atoms with Gasteiger partial charge < -0.3 is 5.32 Å². The maximum atomic E-state index is 4.57. The van der Waals surface area contributed by atoms with Crippen molar-refractivity contribution in [3.05, 3.63) is 65.7 Å². The summed E-state index contributed by atoms with van der Waals surface area (Å²) in [6, 6.07) is 12.3. The molecule has 0 radical (unpaired) electrons. The minimum absolute atomic E-state index is 0.0335. The Morgan fingerprint density at radius 2 is 2.04 bits per heavy atom. The fraction of sp³-hybridized carbons (Fsp3) is 0.176. The van der Waals surface area contributed by atoms with Crippen LogP contribution >= 0.6 is 11.3 Å². The molecule has 3 heterocycles. The molecule has 1 aromatic carbocycles. The highest BCUT2D eigenvalue weighted by molar-refractivity contribution is 7.18. The Hall–Kier alpha value is -2.80. The molecule has 0 amide bonds. The number of nitrogens with zero attached hydrogens (tertiary/aromatic N) is 5. The van der Waals surface area contributed by atoms with Gasteiger partial charge in [-0.15, -0.1) is 0 Å². The number of aryl methyl sites for hydroxylation is 1. The zero-order valence-corrected chi connectivity index (χ0v) is 13.9. The molecule has 7 heteroatoms. The molecule has 0 saturated carbocycles. The van der Waals surface area contributed by atoms with Crippen LogP contribution in [0.15, 0.2) is 55.1 Å². The summed E-state index contributed by atoms with van der Waals surface area (Å²) in [6.45, 7) is 2.68. The molecule has 0 aliphatic heterocycles. The molecule has 4 rings (SSSR count). The molecule has 0 bridgehead atoms. The van der Waals surface area contributed by atoms with Crippen molar-refractivity contribution < 1.29 is 0 Å². The predicted molar refractivity (Wildman–Crippen MR) is 95.0 cm³/mol. The van der Waals surface area contributed by atoms with Gasteiger partial charge >= 0.3 is 0 Å². The van der Waals surface area contributed by atoms with Crippen LogP contribution in [0.25, 0.3) is 10.3 Å². The Labute approximate surface area is 143 Å². The van der Waals surface area contributed by atoms with Gasteiger partial charge in [0, 0.05) is 12.4 Å². The van der Waals surface area contributed by atoms with Gasteiger partial charge in [0.25, 0.3) is 0 Å². The highest BCUT2D eigenvalue weighted by Gasteiger charge is 2.16. The molecule has 0 aliphatic rings. The van der Waals surface area contributed by atoms with Crippen molar-refractivity contribution in [3.63, 3.8) is 0 Å². The first kappa shape index (κ1) is 14.8. The molecule has 24 heavy (non-hydrogen) atoms. The maximum Gasteiger partial charge on any atom is 0.157 e. The standard InChI is InChI=1S/C17H16N6S/c1-12-21-15-16(18-11-19-17(15)24-12)22-14(10-23-9-5-8-20-23)13-6-3-2-4-7-13/h2-9,11,14H,10H2,1H3,(H,18,19,22). The van der Waals surface area contributed by atoms with Crippen LogP contribution in [-0.4, -0.2) is 24.7 Å². The summed E-state index contributed by atoms with van der Waals surface area (Å²) in [6.07, 6.45) is 5.33. The van der Waals surface area contributed by atoms with Gasteiger partial charge in [-0.05, 0) is 18.6 Å². The number of nitrogens with one attached hydrogen (secondary N) is 1. The van der Waals surface area contributed by atoms with E-state index in [1.807, 2.05) is 42.1 Å². The zero-order valence-electron chi connectivity index (χ0n) is 13.1. The number of thiazole rings is 1. The van der Waals surface area contributed by atoms with Crippen LogP contribution in [0.1, 0.15) is 16.6 Å². The fourth-order valence-corrected chi connectivity index (χ4v) is 3.40. The number of aromatic nitrogens is 5. The molecule has 1 N–H and O–H groups in total. The molecule has 0 saturated heterocycles. The molecular formula is C17H16N6S. The monoisotopic (exact) mass is 336 g/mol. The van der Waals surface area contributed by atoms with Gasteiger partial charge in [0.2, 0.25) is 0 Å². The highest BCUT2D eigenvalue weighted by atomic mass is 32.1. The lowest BCUT2D eigenvalue weighted by Gasteiger charge is -2.20. The van der Waals surface area contributed by atoms with Crippen molar-refractivity contribution in [2.45, 2.75) is 19.5 Å². The summed E-state index contributed by atoms with van der Waals surface area (Å²) >= 11 is 1.57. The van der Waals surface area contributed by atoms with E-state index in [2.05, 4.69) is 37.5 Å². The molecule has 120 valence electrons. The zero-order chi connectivity index (χ0) is 16.4. The molecule has 6 nitrogen and oxygen atoms in total. The largest absolute Gasteiger partial charge is 0.359 e. The topological polar surface area (TPSA) is 68.5 Å². The van der Waals surface area contributed by atoms with Crippen LogP contribution in [0.3, 0.4) is 0 Å². The van der Waals surface area contributed by atoms with Crippen molar-refractivity contribution in [2.75, 3.05) is 5.32 Å². The van der Waals surface area contributed by atoms with Crippen LogP contribution in [0.2, 0.25) is 0 Å². The minimum atomic E-state index is 0.0335. The highest BCUT2D eigenvalue weighted by Crippen LogP contribution is 2.27. The lowest BCUT2D eigenvalue weighted by atomic mass is 10.1. The second kappa shape index (κ2) is 6.37. The number of benzene rings is 1. The predicted octanol–water partition coefficient (Wildman–Crippen LogP) is 3.44. The van der Waals surface area contributed by atoms with Crippen LogP contribution < -0.4 is 5.32 Å². The Morgan fingerprint density at radius 1 is 1.17 bits per heavy atom. The third kappa shape index (κ3) is 2.98. The molecule has 1 atom stereocenters. The number of hydrogen-bond acceptors (Lipinski definition) is 6. The van der Waals surface area contributed by atoms with Gasteiger partial charge in [-0.2, -0.15) is 5.10 Å². The number of rotatable bonds is 5. The molecule has 1 unspecified atom stereocenters. The van der Waals surface area contributed by atoms with Gasteiger partial charge in [0.15, 0.2) is 5.82 Å². The van der Waals surface area contributed by atoms with Crippen molar-refractivity contribution in [3.8, 4) is 0 Å². The Kier molecular flexibility index (Phi) is 3.92. The molecule has 3 aromatic heterocycles. The quantitative estimate of drug-likeness (QED) is 0.604. The van der Waals surface area contributed by atoms with Gasteiger partial charge in [0.05, 0.1) is 17.6 Å². The first-order valence-electron chi connectivity index (χ1n) is 7.66. The Bertz CT molecular complexity index is 932. The number of fused-ring (bicyclic) bond motifs is 1. The Morgan fingerprint density at radius 3 is 2.83 bits per heavy atom. The molecule has 0 spiro atoms. The van der Waals surface area contributed by atoms with E-state index in [1.165, 1.54) is 5.56 Å². The van der Waals surface area contributed by atoms with E-state index >= 15 is 0 Å². The summed E-state index contributed by atoms with van der Waals surface area (Å²) in [5, 5.41) is 8.83.